The van der Waals surface area contributed by atoms with E-state index in [-0.39, 0.29) is 29.0 Å². The van der Waals surface area contributed by atoms with E-state index < -0.39 is 9.84 Å². The molecule has 3 rings (SSSR count). The van der Waals surface area contributed by atoms with Crippen molar-refractivity contribution in [2.75, 3.05) is 32.1 Å². The van der Waals surface area contributed by atoms with Crippen LogP contribution >= 0.6 is 0 Å². The van der Waals surface area contributed by atoms with Crippen LogP contribution in [0.2, 0.25) is 0 Å². The van der Waals surface area contributed by atoms with Crippen LogP contribution in [0.15, 0.2) is 23.1 Å². The molecule has 2 N–H and O–H groups in total. The molecule has 0 spiro atoms. The van der Waals surface area contributed by atoms with Gasteiger partial charge in [0, 0.05) is 31.6 Å². The maximum atomic E-state index is 12.5. The molecule has 7 nitrogen and oxygen atoms in total. The number of carbonyl (C=O) groups is 1. The smallest absolute Gasteiger partial charge is 0.223 e. The number of hydrogen-bond acceptors (Lipinski definition) is 6. The van der Waals surface area contributed by atoms with E-state index >= 15 is 0 Å². The van der Waals surface area contributed by atoms with Crippen LogP contribution < -0.4 is 15.2 Å². The van der Waals surface area contributed by atoms with Crippen molar-refractivity contribution >= 4 is 15.7 Å². The molecule has 1 atom stereocenters. The van der Waals surface area contributed by atoms with E-state index in [4.69, 9.17) is 15.2 Å². The number of benzene rings is 1. The summed E-state index contributed by atoms with van der Waals surface area (Å²) < 4.78 is 35.8. The molecule has 0 aromatic heterocycles. The number of ether oxygens (including phenoxy) is 2. The summed E-state index contributed by atoms with van der Waals surface area (Å²) in [5, 5.41) is 0. The monoisotopic (exact) mass is 354 g/mol. The molecule has 24 heavy (non-hydrogen) atoms. The lowest BCUT2D eigenvalue weighted by molar-refractivity contribution is -0.131. The fourth-order valence-corrected chi connectivity index (χ4v) is 4.19. The van der Waals surface area contributed by atoms with E-state index in [1.54, 1.807) is 11.0 Å². The van der Waals surface area contributed by atoms with Crippen LogP contribution in [0.3, 0.4) is 0 Å². The quantitative estimate of drug-likeness (QED) is 0.849. The molecule has 1 aromatic rings. The lowest BCUT2D eigenvalue weighted by Gasteiger charge is -2.30. The highest BCUT2D eigenvalue weighted by Crippen LogP contribution is 2.32. The predicted molar refractivity (Wildman–Crippen MR) is 87.9 cm³/mol. The highest BCUT2D eigenvalue weighted by Gasteiger charge is 2.24. The van der Waals surface area contributed by atoms with Crippen molar-refractivity contribution in [3.8, 4) is 11.5 Å². The van der Waals surface area contributed by atoms with Crippen LogP contribution in [-0.2, 0) is 14.6 Å². The van der Waals surface area contributed by atoms with Gasteiger partial charge in [-0.25, -0.2) is 8.42 Å². The highest BCUT2D eigenvalue weighted by atomic mass is 32.2. The molecule has 132 valence electrons. The zero-order chi connectivity index (χ0) is 17.2. The fourth-order valence-electron chi connectivity index (χ4n) is 2.95. The van der Waals surface area contributed by atoms with Gasteiger partial charge in [0.05, 0.1) is 10.6 Å². The molecule has 1 fully saturated rings. The first-order chi connectivity index (χ1) is 11.5. The van der Waals surface area contributed by atoms with Crippen LogP contribution in [0.5, 0.6) is 11.5 Å². The molecule has 1 unspecified atom stereocenters. The van der Waals surface area contributed by atoms with Crippen molar-refractivity contribution in [2.24, 2.45) is 5.73 Å². The summed E-state index contributed by atoms with van der Waals surface area (Å²) in [7, 11) is -3.56. The van der Waals surface area contributed by atoms with Crippen molar-refractivity contribution < 1.29 is 22.7 Å². The predicted octanol–water partition coefficient (Wildman–Crippen LogP) is 0.571. The van der Waals surface area contributed by atoms with Gasteiger partial charge in [-0.1, -0.05) is 0 Å². The van der Waals surface area contributed by atoms with Crippen LogP contribution in [0.4, 0.5) is 0 Å². The molecule has 1 amide bonds. The standard InChI is InChI=1S/C16H22N2O5S/c17-12-2-1-6-18(11-12)16(19)5-9-24(20,21)13-3-4-14-15(10-13)23-8-7-22-14/h3-4,10,12H,1-2,5-9,11,17H2. The van der Waals surface area contributed by atoms with Crippen molar-refractivity contribution in [1.82, 2.24) is 4.90 Å². The lowest BCUT2D eigenvalue weighted by Crippen LogP contribution is -2.46. The summed E-state index contributed by atoms with van der Waals surface area (Å²) in [5.74, 6) is 0.581. The van der Waals surface area contributed by atoms with Crippen molar-refractivity contribution in [2.45, 2.75) is 30.2 Å². The summed E-state index contributed by atoms with van der Waals surface area (Å²) in [6, 6.07) is 4.53. The Kier molecular flexibility index (Phi) is 4.96. The summed E-state index contributed by atoms with van der Waals surface area (Å²) in [5.41, 5.74) is 5.86. The first-order valence-corrected chi connectivity index (χ1v) is 9.77. The second kappa shape index (κ2) is 6.98. The maximum absolute atomic E-state index is 12.5. The molecule has 0 radical (unpaired) electrons. The van der Waals surface area contributed by atoms with Gasteiger partial charge in [0.1, 0.15) is 13.2 Å². The molecular weight excluding hydrogens is 332 g/mol. The number of carbonyl (C=O) groups excluding carboxylic acids is 1. The first-order valence-electron chi connectivity index (χ1n) is 8.11. The average molecular weight is 354 g/mol. The molecule has 1 saturated heterocycles. The minimum atomic E-state index is -3.56. The Morgan fingerprint density at radius 1 is 1.25 bits per heavy atom. The number of nitrogens with zero attached hydrogens (tertiary/aromatic N) is 1. The summed E-state index contributed by atoms with van der Waals surface area (Å²) >= 11 is 0. The van der Waals surface area contributed by atoms with Crippen LogP contribution in [0, 0.1) is 0 Å². The Labute approximate surface area is 141 Å². The van der Waals surface area contributed by atoms with Crippen molar-refractivity contribution in [3.05, 3.63) is 18.2 Å². The SMILES string of the molecule is NC1CCCN(C(=O)CCS(=O)(=O)c2ccc3c(c2)OCCO3)C1. The van der Waals surface area contributed by atoms with Gasteiger partial charge in [-0.05, 0) is 25.0 Å². The molecule has 1 aromatic carbocycles. The number of amides is 1. The molecule has 0 aliphatic carbocycles. The molecule has 2 heterocycles. The van der Waals surface area contributed by atoms with E-state index in [0.29, 0.717) is 37.8 Å². The zero-order valence-electron chi connectivity index (χ0n) is 13.4. The van der Waals surface area contributed by atoms with Crippen LogP contribution in [-0.4, -0.2) is 57.3 Å². The zero-order valence-corrected chi connectivity index (χ0v) is 14.3. The van der Waals surface area contributed by atoms with Gasteiger partial charge >= 0.3 is 0 Å². The van der Waals surface area contributed by atoms with Gasteiger partial charge in [0.25, 0.3) is 0 Å². The van der Waals surface area contributed by atoms with E-state index in [9.17, 15) is 13.2 Å². The number of fused-ring (bicyclic) bond motifs is 1. The normalized spacial score (nSPS) is 20.7. The van der Waals surface area contributed by atoms with Gasteiger partial charge in [0.15, 0.2) is 21.3 Å². The molecule has 0 bridgehead atoms. The Hall–Kier alpha value is -1.80. The van der Waals surface area contributed by atoms with E-state index in [1.807, 2.05) is 0 Å². The molecular formula is C16H22N2O5S. The first kappa shape index (κ1) is 17.0. The fraction of sp³-hybridized carbons (Fsp3) is 0.562. The van der Waals surface area contributed by atoms with Gasteiger partial charge in [-0.2, -0.15) is 0 Å². The molecule has 2 aliphatic rings. The molecule has 2 aliphatic heterocycles. The van der Waals surface area contributed by atoms with Crippen LogP contribution in [0.25, 0.3) is 0 Å². The average Bonchev–Trinajstić information content (AvgIpc) is 2.59. The molecule has 0 saturated carbocycles. The Balaban J connectivity index is 1.64. The van der Waals surface area contributed by atoms with Gasteiger partial charge in [-0.3, -0.25) is 4.79 Å². The van der Waals surface area contributed by atoms with E-state index in [0.717, 1.165) is 12.8 Å². The van der Waals surface area contributed by atoms with Gasteiger partial charge in [0.2, 0.25) is 5.91 Å². The number of likely N-dealkylation sites (tertiary alicyclic amines) is 1. The third kappa shape index (κ3) is 3.81. The highest BCUT2D eigenvalue weighted by molar-refractivity contribution is 7.91. The summed E-state index contributed by atoms with van der Waals surface area (Å²) in [6.45, 7) is 2.00. The van der Waals surface area contributed by atoms with Gasteiger partial charge < -0.3 is 20.1 Å². The number of rotatable bonds is 4. The third-order valence-corrected chi connectivity index (χ3v) is 5.98. The largest absolute Gasteiger partial charge is 0.486 e. The maximum Gasteiger partial charge on any atom is 0.223 e. The number of piperidine rings is 1. The second-order valence-electron chi connectivity index (χ2n) is 6.12. The minimum Gasteiger partial charge on any atom is -0.486 e. The summed E-state index contributed by atoms with van der Waals surface area (Å²) in [4.78, 5) is 14.0. The van der Waals surface area contributed by atoms with E-state index in [2.05, 4.69) is 0 Å². The van der Waals surface area contributed by atoms with E-state index in [1.165, 1.54) is 12.1 Å². The van der Waals surface area contributed by atoms with Crippen LogP contribution in [0.1, 0.15) is 19.3 Å². The Morgan fingerprint density at radius 2 is 2.00 bits per heavy atom. The number of nitrogens with two attached hydrogens (primary N) is 1. The Bertz CT molecular complexity index is 719. The topological polar surface area (TPSA) is 98.9 Å². The minimum absolute atomic E-state index is 0.0166. The third-order valence-electron chi connectivity index (χ3n) is 4.27. The second-order valence-corrected chi connectivity index (χ2v) is 8.23. The number of sulfone groups is 1. The molecule has 8 heteroatoms. The number of hydrogen-bond donors (Lipinski definition) is 1. The van der Waals surface area contributed by atoms with Crippen molar-refractivity contribution in [3.63, 3.8) is 0 Å². The Morgan fingerprint density at radius 3 is 2.75 bits per heavy atom. The van der Waals surface area contributed by atoms with Gasteiger partial charge in [-0.15, -0.1) is 0 Å². The lowest BCUT2D eigenvalue weighted by atomic mass is 10.1. The van der Waals surface area contributed by atoms with Crippen molar-refractivity contribution in [1.29, 1.82) is 0 Å². The summed E-state index contributed by atoms with van der Waals surface area (Å²) in [6.07, 6.45) is 1.73.